The molecular formula is C29H39N5O2. The van der Waals surface area contributed by atoms with Gasteiger partial charge in [0, 0.05) is 30.6 Å². The Balaban J connectivity index is 1.52. The molecule has 1 amide bonds. The van der Waals surface area contributed by atoms with Crippen molar-refractivity contribution in [3.63, 3.8) is 0 Å². The number of nitrogens with one attached hydrogen (secondary N) is 1. The molecule has 1 aromatic heterocycles. The van der Waals surface area contributed by atoms with E-state index in [2.05, 4.69) is 48.4 Å². The van der Waals surface area contributed by atoms with Gasteiger partial charge < -0.3 is 21.1 Å². The maximum absolute atomic E-state index is 12.8. The molecule has 36 heavy (non-hydrogen) atoms. The second-order valence-electron chi connectivity index (χ2n) is 10.6. The van der Waals surface area contributed by atoms with Gasteiger partial charge in [-0.05, 0) is 100 Å². The Bertz CT molecular complexity index is 1210. The first-order valence-corrected chi connectivity index (χ1v) is 13.0. The van der Waals surface area contributed by atoms with Gasteiger partial charge in [-0.3, -0.25) is 4.79 Å². The molecule has 0 saturated heterocycles. The summed E-state index contributed by atoms with van der Waals surface area (Å²) in [5, 5.41) is 14.2. The van der Waals surface area contributed by atoms with Crippen LogP contribution in [0.3, 0.4) is 0 Å². The Morgan fingerprint density at radius 2 is 1.83 bits per heavy atom. The summed E-state index contributed by atoms with van der Waals surface area (Å²) in [4.78, 5) is 23.9. The Morgan fingerprint density at radius 1 is 1.11 bits per heavy atom. The fourth-order valence-electron chi connectivity index (χ4n) is 5.48. The van der Waals surface area contributed by atoms with Crippen LogP contribution in [0.2, 0.25) is 0 Å². The number of aromatic nitrogens is 2. The summed E-state index contributed by atoms with van der Waals surface area (Å²) in [5.74, 6) is 2.15. The molecule has 4 N–H and O–H groups in total. The van der Waals surface area contributed by atoms with Crippen LogP contribution < -0.4 is 11.1 Å². The highest BCUT2D eigenvalue weighted by Gasteiger charge is 2.29. The molecule has 192 valence electrons. The number of nitrogens with two attached hydrogens (primary N) is 1. The van der Waals surface area contributed by atoms with Crippen molar-refractivity contribution in [1.82, 2.24) is 14.9 Å². The molecule has 4 rings (SSSR count). The van der Waals surface area contributed by atoms with E-state index >= 15 is 0 Å². The van der Waals surface area contributed by atoms with Crippen molar-refractivity contribution in [1.29, 1.82) is 0 Å². The van der Waals surface area contributed by atoms with Gasteiger partial charge in [0.25, 0.3) is 0 Å². The lowest BCUT2D eigenvalue weighted by atomic mass is 9.78. The normalized spacial score (nSPS) is 19.6. The van der Waals surface area contributed by atoms with E-state index in [0.717, 1.165) is 65.0 Å². The number of fused-ring (bicyclic) bond motifs is 1. The fourth-order valence-corrected chi connectivity index (χ4v) is 5.48. The van der Waals surface area contributed by atoms with Gasteiger partial charge in [0.2, 0.25) is 5.91 Å². The summed E-state index contributed by atoms with van der Waals surface area (Å²) in [6, 6.07) is 12.6. The molecule has 0 radical (unpaired) electrons. The van der Waals surface area contributed by atoms with Crippen LogP contribution in [0.25, 0.3) is 10.9 Å². The van der Waals surface area contributed by atoms with E-state index in [1.807, 2.05) is 19.1 Å². The van der Waals surface area contributed by atoms with Crippen molar-refractivity contribution < 1.29 is 9.90 Å². The van der Waals surface area contributed by atoms with Crippen LogP contribution in [-0.4, -0.2) is 45.6 Å². The highest BCUT2D eigenvalue weighted by molar-refractivity contribution is 5.90. The molecule has 0 bridgehead atoms. The number of aliphatic hydroxyl groups excluding tert-OH is 1. The first-order valence-electron chi connectivity index (χ1n) is 13.0. The minimum Gasteiger partial charge on any atom is -0.399 e. The average Bonchev–Trinajstić information content (AvgIpc) is 2.82. The molecule has 3 aromatic rings. The van der Waals surface area contributed by atoms with Gasteiger partial charge in [-0.2, -0.15) is 0 Å². The number of nitrogen functional groups attached to an aromatic ring is 1. The number of nitrogens with zero attached hydrogens (tertiary/aromatic N) is 3. The maximum Gasteiger partial charge on any atom is 0.225 e. The van der Waals surface area contributed by atoms with Crippen molar-refractivity contribution in [2.24, 2.45) is 5.92 Å². The van der Waals surface area contributed by atoms with Crippen LogP contribution >= 0.6 is 0 Å². The Morgan fingerprint density at radius 3 is 2.50 bits per heavy atom. The van der Waals surface area contributed by atoms with Gasteiger partial charge in [-0.15, -0.1) is 0 Å². The molecule has 1 aliphatic carbocycles. The molecule has 1 aliphatic rings. The standard InChI is InChI=1S/C29H39N5O2/c1-17-12-24(14-25(30)13-17)19(3)31-28-26-15-23(10-11-27(26)32-20(4)33-28)21-6-8-22(9-7-21)29(36)34(5)16-18(2)35/h10-15,18-19,21-22,35H,6-9,16,30H2,1-5H3,(H,31,32,33)/t18-,19-,21?,22?/m0/s1. The summed E-state index contributed by atoms with van der Waals surface area (Å²) in [6.07, 6.45) is 3.17. The van der Waals surface area contributed by atoms with Crippen LogP contribution in [-0.2, 0) is 4.79 Å². The van der Waals surface area contributed by atoms with E-state index in [1.54, 1.807) is 18.9 Å². The number of hydrogen-bond acceptors (Lipinski definition) is 6. The molecule has 2 atom stereocenters. The predicted octanol–water partition coefficient (Wildman–Crippen LogP) is 5.11. The number of aliphatic hydroxyl groups is 1. The lowest BCUT2D eigenvalue weighted by Crippen LogP contribution is -2.38. The second-order valence-corrected chi connectivity index (χ2v) is 10.6. The molecular weight excluding hydrogens is 450 g/mol. The largest absolute Gasteiger partial charge is 0.399 e. The first kappa shape index (κ1) is 25.9. The van der Waals surface area contributed by atoms with E-state index in [1.165, 1.54) is 5.56 Å². The van der Waals surface area contributed by atoms with Crippen LogP contribution in [0.1, 0.15) is 74.0 Å². The van der Waals surface area contributed by atoms with Crippen molar-refractivity contribution >= 4 is 28.3 Å². The zero-order chi connectivity index (χ0) is 26.0. The first-order chi connectivity index (χ1) is 17.1. The molecule has 0 spiro atoms. The smallest absolute Gasteiger partial charge is 0.225 e. The minimum atomic E-state index is -0.507. The zero-order valence-electron chi connectivity index (χ0n) is 22.1. The number of rotatable bonds is 7. The highest BCUT2D eigenvalue weighted by Crippen LogP contribution is 2.38. The van der Waals surface area contributed by atoms with Gasteiger partial charge in [0.05, 0.1) is 17.7 Å². The van der Waals surface area contributed by atoms with Crippen molar-refractivity contribution in [2.75, 3.05) is 24.6 Å². The van der Waals surface area contributed by atoms with E-state index in [0.29, 0.717) is 12.5 Å². The minimum absolute atomic E-state index is 0.0356. The van der Waals surface area contributed by atoms with E-state index in [-0.39, 0.29) is 17.9 Å². The summed E-state index contributed by atoms with van der Waals surface area (Å²) in [5.41, 5.74) is 11.3. The third kappa shape index (κ3) is 5.95. The summed E-state index contributed by atoms with van der Waals surface area (Å²) < 4.78 is 0. The van der Waals surface area contributed by atoms with Gasteiger partial charge in [0.15, 0.2) is 0 Å². The summed E-state index contributed by atoms with van der Waals surface area (Å²) >= 11 is 0. The van der Waals surface area contributed by atoms with Crippen LogP contribution in [0.15, 0.2) is 36.4 Å². The van der Waals surface area contributed by atoms with Crippen molar-refractivity contribution in [3.8, 4) is 0 Å². The molecule has 0 unspecified atom stereocenters. The number of likely N-dealkylation sites (N-methyl/N-ethyl adjacent to an activating group) is 1. The molecule has 2 aromatic carbocycles. The number of carbonyl (C=O) groups excluding carboxylic acids is 1. The SMILES string of the molecule is Cc1cc(N)cc([C@H](C)Nc2nc(C)nc3ccc(C4CCC(C(=O)N(C)C[C@H](C)O)CC4)cc23)c1. The summed E-state index contributed by atoms with van der Waals surface area (Å²) in [7, 11) is 1.78. The highest BCUT2D eigenvalue weighted by atomic mass is 16.3. The lowest BCUT2D eigenvalue weighted by molar-refractivity contribution is -0.136. The predicted molar refractivity (Wildman–Crippen MR) is 146 cm³/mol. The monoisotopic (exact) mass is 489 g/mol. The van der Waals surface area contributed by atoms with Crippen LogP contribution in [0.5, 0.6) is 0 Å². The van der Waals surface area contributed by atoms with E-state index in [4.69, 9.17) is 10.7 Å². The Kier molecular flexibility index (Phi) is 7.79. The van der Waals surface area contributed by atoms with Gasteiger partial charge >= 0.3 is 0 Å². The fraction of sp³-hybridized carbons (Fsp3) is 0.483. The number of benzene rings is 2. The van der Waals surface area contributed by atoms with E-state index in [9.17, 15) is 9.90 Å². The van der Waals surface area contributed by atoms with E-state index < -0.39 is 6.10 Å². The van der Waals surface area contributed by atoms with Gasteiger partial charge in [-0.1, -0.05) is 12.1 Å². The van der Waals surface area contributed by atoms with Crippen LogP contribution in [0, 0.1) is 19.8 Å². The zero-order valence-corrected chi connectivity index (χ0v) is 22.1. The number of aryl methyl sites for hydroxylation is 2. The second kappa shape index (κ2) is 10.8. The van der Waals surface area contributed by atoms with Crippen LogP contribution in [0.4, 0.5) is 11.5 Å². The molecule has 1 heterocycles. The third-order valence-corrected chi connectivity index (χ3v) is 7.27. The van der Waals surface area contributed by atoms with Crippen molar-refractivity contribution in [3.05, 3.63) is 58.9 Å². The third-order valence-electron chi connectivity index (χ3n) is 7.27. The maximum atomic E-state index is 12.8. The molecule has 1 fully saturated rings. The van der Waals surface area contributed by atoms with Gasteiger partial charge in [-0.25, -0.2) is 9.97 Å². The molecule has 7 heteroatoms. The molecule has 1 saturated carbocycles. The number of anilines is 2. The Labute approximate surface area is 214 Å². The molecule has 0 aliphatic heterocycles. The number of amides is 1. The Hall–Kier alpha value is -3.19. The van der Waals surface area contributed by atoms with Crippen molar-refractivity contribution in [2.45, 2.75) is 71.4 Å². The average molecular weight is 490 g/mol. The topological polar surface area (TPSA) is 104 Å². The summed E-state index contributed by atoms with van der Waals surface area (Å²) in [6.45, 7) is 8.18. The number of hydrogen-bond donors (Lipinski definition) is 3. The molecule has 7 nitrogen and oxygen atoms in total. The number of carbonyl (C=O) groups is 1. The quantitative estimate of drug-likeness (QED) is 0.398. The van der Waals surface area contributed by atoms with Gasteiger partial charge in [0.1, 0.15) is 11.6 Å². The lowest BCUT2D eigenvalue weighted by Gasteiger charge is -2.31.